The number of hydrogen-bond acceptors (Lipinski definition) is 6. The van der Waals surface area contributed by atoms with Gasteiger partial charge in [0, 0.05) is 26.2 Å². The van der Waals surface area contributed by atoms with Crippen LogP contribution >= 0.6 is 11.3 Å². The second-order valence-corrected chi connectivity index (χ2v) is 9.40. The Morgan fingerprint density at radius 3 is 2.27 bits per heavy atom. The number of amides is 1. The Balaban J connectivity index is 1.70. The zero-order valence-corrected chi connectivity index (χ0v) is 17.3. The van der Waals surface area contributed by atoms with Crippen LogP contribution in [0.25, 0.3) is 0 Å². The number of nitrogens with zero attached hydrogens (tertiary/aromatic N) is 2. The van der Waals surface area contributed by atoms with E-state index in [0.29, 0.717) is 10.9 Å². The standard InChI is InChI=1S/C18H17F3N2O5S2/c1-28-17(25)15-6-5-14(29-15)16(24)22-7-9-23(10-8-22)30(26,27)13-4-2-3-12(11-13)18(19,20)21/h2-6,11H,7-10H2,1H3. The molecule has 2 aromatic rings. The summed E-state index contributed by atoms with van der Waals surface area (Å²) in [5.41, 5.74) is -1.04. The van der Waals surface area contributed by atoms with Gasteiger partial charge in [0.15, 0.2) is 0 Å². The van der Waals surface area contributed by atoms with Crippen LogP contribution in [0.1, 0.15) is 24.9 Å². The molecule has 3 rings (SSSR count). The molecule has 12 heteroatoms. The summed E-state index contributed by atoms with van der Waals surface area (Å²) in [6.07, 6.45) is -4.65. The van der Waals surface area contributed by atoms with E-state index in [1.54, 1.807) is 0 Å². The minimum atomic E-state index is -4.65. The third-order valence-corrected chi connectivity index (χ3v) is 7.48. The van der Waals surface area contributed by atoms with Crippen molar-refractivity contribution < 1.29 is 35.9 Å². The van der Waals surface area contributed by atoms with Crippen LogP contribution in [0, 0.1) is 0 Å². The summed E-state index contributed by atoms with van der Waals surface area (Å²) in [4.78, 5) is 25.7. The summed E-state index contributed by atoms with van der Waals surface area (Å²) < 4.78 is 69.8. The highest BCUT2D eigenvalue weighted by Gasteiger charge is 2.34. The molecule has 1 saturated heterocycles. The van der Waals surface area contributed by atoms with Gasteiger partial charge >= 0.3 is 12.1 Å². The molecule has 2 heterocycles. The SMILES string of the molecule is COC(=O)c1ccc(C(=O)N2CCN(S(=O)(=O)c3cccc(C(F)(F)F)c3)CC2)s1. The first-order valence-electron chi connectivity index (χ1n) is 8.69. The minimum absolute atomic E-state index is 0.0560. The van der Waals surface area contributed by atoms with Crippen LogP contribution in [0.3, 0.4) is 0 Å². The predicted octanol–water partition coefficient (Wildman–Crippen LogP) is 2.70. The molecule has 0 atom stereocenters. The lowest BCUT2D eigenvalue weighted by atomic mass is 10.2. The summed E-state index contributed by atoms with van der Waals surface area (Å²) in [6.45, 7) is 0.0318. The van der Waals surface area contributed by atoms with Crippen molar-refractivity contribution in [2.24, 2.45) is 0 Å². The van der Waals surface area contributed by atoms with Gasteiger partial charge in [0.2, 0.25) is 10.0 Å². The Morgan fingerprint density at radius 1 is 1.03 bits per heavy atom. The van der Waals surface area contributed by atoms with Crippen molar-refractivity contribution >= 4 is 33.2 Å². The molecule has 162 valence electrons. The van der Waals surface area contributed by atoms with Gasteiger partial charge < -0.3 is 9.64 Å². The molecule has 30 heavy (non-hydrogen) atoms. The number of rotatable bonds is 4. The van der Waals surface area contributed by atoms with Gasteiger partial charge in [-0.3, -0.25) is 4.79 Å². The Kier molecular flexibility index (Phi) is 6.20. The van der Waals surface area contributed by atoms with E-state index in [1.807, 2.05) is 0 Å². The lowest BCUT2D eigenvalue weighted by Gasteiger charge is -2.33. The first-order valence-corrected chi connectivity index (χ1v) is 10.9. The fourth-order valence-corrected chi connectivity index (χ4v) is 5.29. The molecule has 1 fully saturated rings. The fourth-order valence-electron chi connectivity index (χ4n) is 2.93. The summed E-state index contributed by atoms with van der Waals surface area (Å²) >= 11 is 0.970. The smallest absolute Gasteiger partial charge is 0.416 e. The number of piperazine rings is 1. The molecule has 1 aliphatic rings. The van der Waals surface area contributed by atoms with Crippen LogP contribution in [0.5, 0.6) is 0 Å². The monoisotopic (exact) mass is 462 g/mol. The number of esters is 1. The minimum Gasteiger partial charge on any atom is -0.465 e. The van der Waals surface area contributed by atoms with Gasteiger partial charge in [0.25, 0.3) is 5.91 Å². The highest BCUT2D eigenvalue weighted by Crippen LogP contribution is 2.31. The number of methoxy groups -OCH3 is 1. The number of carbonyl (C=O) groups is 2. The van der Waals surface area contributed by atoms with Crippen molar-refractivity contribution in [3.63, 3.8) is 0 Å². The summed E-state index contributed by atoms with van der Waals surface area (Å²) in [7, 11) is -2.90. The molecular weight excluding hydrogens is 445 g/mol. The van der Waals surface area contributed by atoms with Gasteiger partial charge in [0.05, 0.1) is 22.4 Å². The lowest BCUT2D eigenvalue weighted by Crippen LogP contribution is -2.50. The van der Waals surface area contributed by atoms with E-state index >= 15 is 0 Å². The lowest BCUT2D eigenvalue weighted by molar-refractivity contribution is -0.137. The highest BCUT2D eigenvalue weighted by atomic mass is 32.2. The molecule has 1 aromatic heterocycles. The second kappa shape index (κ2) is 8.36. The molecule has 0 spiro atoms. The fraction of sp³-hybridized carbons (Fsp3) is 0.333. The van der Waals surface area contributed by atoms with Crippen LogP contribution in [-0.2, 0) is 20.9 Å². The number of carbonyl (C=O) groups excluding carboxylic acids is 2. The molecule has 7 nitrogen and oxygen atoms in total. The molecule has 0 unspecified atom stereocenters. The van der Waals surface area contributed by atoms with Gasteiger partial charge in [-0.05, 0) is 30.3 Å². The molecule has 1 amide bonds. The number of halogens is 3. The zero-order valence-electron chi connectivity index (χ0n) is 15.7. The molecular formula is C18H17F3N2O5S2. The van der Waals surface area contributed by atoms with Crippen LogP contribution in [0.15, 0.2) is 41.3 Å². The quantitative estimate of drug-likeness (QED) is 0.653. The Hall–Kier alpha value is -2.44. The zero-order chi connectivity index (χ0) is 22.1. The van der Waals surface area contributed by atoms with Gasteiger partial charge in [-0.15, -0.1) is 11.3 Å². The molecule has 0 aliphatic carbocycles. The van der Waals surface area contributed by atoms with E-state index in [4.69, 9.17) is 0 Å². The van der Waals surface area contributed by atoms with Crippen molar-refractivity contribution in [1.82, 2.24) is 9.21 Å². The summed E-state index contributed by atoms with van der Waals surface area (Å²) in [5.74, 6) is -0.915. The maximum absolute atomic E-state index is 12.9. The van der Waals surface area contributed by atoms with Gasteiger partial charge in [0.1, 0.15) is 4.88 Å². The van der Waals surface area contributed by atoms with Crippen LogP contribution in [0.2, 0.25) is 0 Å². The van der Waals surface area contributed by atoms with Gasteiger partial charge in [-0.2, -0.15) is 17.5 Å². The van der Waals surface area contributed by atoms with E-state index in [-0.39, 0.29) is 37.0 Å². The Morgan fingerprint density at radius 2 is 1.67 bits per heavy atom. The van der Waals surface area contributed by atoms with E-state index in [2.05, 4.69) is 4.74 Å². The maximum atomic E-state index is 12.9. The molecule has 0 radical (unpaired) electrons. The van der Waals surface area contributed by atoms with Crippen LogP contribution in [0.4, 0.5) is 13.2 Å². The van der Waals surface area contributed by atoms with E-state index < -0.39 is 32.6 Å². The van der Waals surface area contributed by atoms with Crippen LogP contribution in [-0.4, -0.2) is 62.8 Å². The largest absolute Gasteiger partial charge is 0.465 e. The molecule has 1 aliphatic heterocycles. The van der Waals surface area contributed by atoms with E-state index in [1.165, 1.54) is 24.1 Å². The number of sulfonamides is 1. The van der Waals surface area contributed by atoms with E-state index in [9.17, 15) is 31.2 Å². The molecule has 0 bridgehead atoms. The van der Waals surface area contributed by atoms with E-state index in [0.717, 1.165) is 33.8 Å². The number of ether oxygens (including phenoxy) is 1. The molecule has 0 N–H and O–H groups in total. The molecule has 0 saturated carbocycles. The van der Waals surface area contributed by atoms with Crippen LogP contribution < -0.4 is 0 Å². The molecule has 1 aromatic carbocycles. The number of hydrogen-bond donors (Lipinski definition) is 0. The third-order valence-electron chi connectivity index (χ3n) is 4.53. The van der Waals surface area contributed by atoms with Crippen molar-refractivity contribution in [3.8, 4) is 0 Å². The van der Waals surface area contributed by atoms with Crippen molar-refractivity contribution in [1.29, 1.82) is 0 Å². The van der Waals surface area contributed by atoms with Crippen molar-refractivity contribution in [2.45, 2.75) is 11.1 Å². The number of alkyl halides is 3. The topological polar surface area (TPSA) is 84.0 Å². The normalized spacial score (nSPS) is 15.8. The average Bonchev–Trinajstić information content (AvgIpc) is 3.22. The Labute approximate surface area is 174 Å². The Bertz CT molecular complexity index is 1060. The van der Waals surface area contributed by atoms with Gasteiger partial charge in [-0.1, -0.05) is 6.07 Å². The summed E-state index contributed by atoms with van der Waals surface area (Å²) in [6, 6.07) is 6.53. The van der Waals surface area contributed by atoms with Crippen molar-refractivity contribution in [3.05, 3.63) is 51.7 Å². The second-order valence-electron chi connectivity index (χ2n) is 6.38. The first kappa shape index (κ1) is 22.2. The maximum Gasteiger partial charge on any atom is 0.416 e. The highest BCUT2D eigenvalue weighted by molar-refractivity contribution is 7.89. The number of benzene rings is 1. The van der Waals surface area contributed by atoms with Crippen molar-refractivity contribution in [2.75, 3.05) is 33.3 Å². The van der Waals surface area contributed by atoms with Gasteiger partial charge in [-0.25, -0.2) is 13.2 Å². The first-order chi connectivity index (χ1) is 14.0. The summed E-state index contributed by atoms with van der Waals surface area (Å²) in [5, 5.41) is 0. The number of thiophene rings is 1. The predicted molar refractivity (Wildman–Crippen MR) is 102 cm³/mol. The average molecular weight is 462 g/mol. The third kappa shape index (κ3) is 4.50.